The predicted molar refractivity (Wildman–Crippen MR) is 74.0 cm³/mol. The number of nitrogen functional groups attached to an aromatic ring is 1. The van der Waals surface area contributed by atoms with Gasteiger partial charge < -0.3 is 20.9 Å². The lowest BCUT2D eigenvalue weighted by Gasteiger charge is -2.32. The second kappa shape index (κ2) is 6.43. The smallest absolute Gasteiger partial charge is 0.387 e. The SMILES string of the molecule is Nc1cc(F)c(OC(F)F)cc1NCC1(O)CCCCC1. The Balaban J connectivity index is 2.08. The molecule has 0 radical (unpaired) electrons. The second-order valence-corrected chi connectivity index (χ2v) is 5.39. The lowest BCUT2D eigenvalue weighted by Crippen LogP contribution is -2.38. The molecule has 1 aromatic carbocycles. The second-order valence-electron chi connectivity index (χ2n) is 5.39. The molecule has 0 unspecified atom stereocenters. The first-order valence-corrected chi connectivity index (χ1v) is 6.90. The van der Waals surface area contributed by atoms with Gasteiger partial charge in [-0.15, -0.1) is 0 Å². The van der Waals surface area contributed by atoms with E-state index in [0.717, 1.165) is 31.4 Å². The molecule has 0 aliphatic heterocycles. The van der Waals surface area contributed by atoms with Crippen LogP contribution in [0.4, 0.5) is 24.5 Å². The molecule has 1 aliphatic carbocycles. The maximum absolute atomic E-state index is 13.4. The van der Waals surface area contributed by atoms with Crippen molar-refractivity contribution in [2.24, 2.45) is 0 Å². The number of aliphatic hydroxyl groups is 1. The Bertz CT molecular complexity index is 491. The summed E-state index contributed by atoms with van der Waals surface area (Å²) in [5.41, 5.74) is 5.16. The van der Waals surface area contributed by atoms with Gasteiger partial charge in [-0.3, -0.25) is 0 Å². The molecule has 1 saturated carbocycles. The van der Waals surface area contributed by atoms with Crippen LogP contribution in [0.25, 0.3) is 0 Å². The average molecular weight is 304 g/mol. The van der Waals surface area contributed by atoms with Gasteiger partial charge in [0.2, 0.25) is 0 Å². The number of alkyl halides is 2. The maximum Gasteiger partial charge on any atom is 0.387 e. The molecule has 0 amide bonds. The van der Waals surface area contributed by atoms with Crippen molar-refractivity contribution in [3.8, 4) is 5.75 Å². The van der Waals surface area contributed by atoms with Gasteiger partial charge in [0.05, 0.1) is 17.0 Å². The highest BCUT2D eigenvalue weighted by Gasteiger charge is 2.29. The number of hydrogen-bond acceptors (Lipinski definition) is 4. The molecule has 1 fully saturated rings. The van der Waals surface area contributed by atoms with Gasteiger partial charge in [-0.1, -0.05) is 19.3 Å². The van der Waals surface area contributed by atoms with Gasteiger partial charge >= 0.3 is 6.61 Å². The van der Waals surface area contributed by atoms with Gasteiger partial charge in [0.25, 0.3) is 0 Å². The van der Waals surface area contributed by atoms with E-state index in [-0.39, 0.29) is 17.9 Å². The van der Waals surface area contributed by atoms with Gasteiger partial charge in [0, 0.05) is 18.7 Å². The van der Waals surface area contributed by atoms with Gasteiger partial charge in [-0.05, 0) is 12.8 Å². The molecule has 0 aromatic heterocycles. The van der Waals surface area contributed by atoms with Gasteiger partial charge in [-0.25, -0.2) is 4.39 Å². The van der Waals surface area contributed by atoms with Gasteiger partial charge in [-0.2, -0.15) is 8.78 Å². The molecule has 0 saturated heterocycles. The molecule has 2 rings (SSSR count). The van der Waals surface area contributed by atoms with E-state index in [1.165, 1.54) is 0 Å². The number of anilines is 2. The number of halogens is 3. The van der Waals surface area contributed by atoms with Crippen molar-refractivity contribution in [1.82, 2.24) is 0 Å². The Morgan fingerprint density at radius 3 is 2.57 bits per heavy atom. The summed E-state index contributed by atoms with van der Waals surface area (Å²) >= 11 is 0. The lowest BCUT2D eigenvalue weighted by atomic mass is 9.85. The van der Waals surface area contributed by atoms with Crippen LogP contribution in [0.5, 0.6) is 5.75 Å². The quantitative estimate of drug-likeness (QED) is 0.731. The zero-order valence-corrected chi connectivity index (χ0v) is 11.5. The lowest BCUT2D eigenvalue weighted by molar-refractivity contribution is -0.0521. The topological polar surface area (TPSA) is 67.5 Å². The number of nitrogens with one attached hydrogen (secondary N) is 1. The fourth-order valence-electron chi connectivity index (χ4n) is 2.55. The average Bonchev–Trinajstić information content (AvgIpc) is 2.41. The van der Waals surface area contributed by atoms with Crippen molar-refractivity contribution in [2.45, 2.75) is 44.3 Å². The van der Waals surface area contributed by atoms with Gasteiger partial charge in [0.1, 0.15) is 0 Å². The van der Waals surface area contributed by atoms with E-state index >= 15 is 0 Å². The minimum absolute atomic E-state index is 0.0773. The molecule has 0 spiro atoms. The summed E-state index contributed by atoms with van der Waals surface area (Å²) in [6.07, 6.45) is 4.31. The summed E-state index contributed by atoms with van der Waals surface area (Å²) in [4.78, 5) is 0. The van der Waals surface area contributed by atoms with Crippen LogP contribution in [0.1, 0.15) is 32.1 Å². The molecule has 0 bridgehead atoms. The Morgan fingerprint density at radius 2 is 1.95 bits per heavy atom. The highest BCUT2D eigenvalue weighted by Crippen LogP contribution is 2.32. The van der Waals surface area contributed by atoms with Crippen LogP contribution in [-0.2, 0) is 0 Å². The third-order valence-corrected chi connectivity index (χ3v) is 3.71. The van der Waals surface area contributed by atoms with E-state index in [1.54, 1.807) is 0 Å². The van der Waals surface area contributed by atoms with Gasteiger partial charge in [0.15, 0.2) is 11.6 Å². The predicted octanol–water partition coefficient (Wildman–Crippen LogP) is 3.12. The highest BCUT2D eigenvalue weighted by molar-refractivity contribution is 5.68. The van der Waals surface area contributed by atoms with Crippen molar-refractivity contribution in [3.63, 3.8) is 0 Å². The minimum atomic E-state index is -3.11. The number of hydrogen-bond donors (Lipinski definition) is 3. The van der Waals surface area contributed by atoms with Crippen LogP contribution in [-0.4, -0.2) is 23.9 Å². The van der Waals surface area contributed by atoms with Crippen LogP contribution in [0.15, 0.2) is 12.1 Å². The Kier molecular flexibility index (Phi) is 4.82. The van der Waals surface area contributed by atoms with Crippen LogP contribution in [0.2, 0.25) is 0 Å². The molecule has 118 valence electrons. The zero-order chi connectivity index (χ0) is 15.5. The monoisotopic (exact) mass is 304 g/mol. The molecule has 4 N–H and O–H groups in total. The summed E-state index contributed by atoms with van der Waals surface area (Å²) in [7, 11) is 0. The normalized spacial score (nSPS) is 17.8. The fourth-order valence-corrected chi connectivity index (χ4v) is 2.55. The molecular formula is C14H19F3N2O2. The summed E-state index contributed by atoms with van der Waals surface area (Å²) < 4.78 is 41.9. The zero-order valence-electron chi connectivity index (χ0n) is 11.5. The van der Waals surface area contributed by atoms with E-state index in [2.05, 4.69) is 10.1 Å². The first-order valence-electron chi connectivity index (χ1n) is 6.90. The first-order chi connectivity index (χ1) is 9.89. The standard InChI is InChI=1S/C14H19F3N2O2/c15-9-6-10(18)11(7-12(9)21-13(16)17)19-8-14(20)4-2-1-3-5-14/h6-7,13,19-20H,1-5,8,18H2. The number of nitrogens with two attached hydrogens (primary N) is 1. The van der Waals surface area contributed by atoms with Crippen molar-refractivity contribution in [1.29, 1.82) is 0 Å². The molecular weight excluding hydrogens is 285 g/mol. The van der Waals surface area contributed by atoms with Crippen LogP contribution in [0, 0.1) is 5.82 Å². The molecule has 0 heterocycles. The van der Waals surface area contributed by atoms with Crippen LogP contribution in [0.3, 0.4) is 0 Å². The van der Waals surface area contributed by atoms with Crippen molar-refractivity contribution in [3.05, 3.63) is 17.9 Å². The number of rotatable bonds is 5. The third kappa shape index (κ3) is 4.17. The molecule has 4 nitrogen and oxygen atoms in total. The Hall–Kier alpha value is -1.63. The Morgan fingerprint density at radius 1 is 1.29 bits per heavy atom. The van der Waals surface area contributed by atoms with Crippen molar-refractivity contribution in [2.75, 3.05) is 17.6 Å². The molecule has 1 aromatic rings. The van der Waals surface area contributed by atoms with E-state index in [4.69, 9.17) is 5.73 Å². The molecule has 0 atom stereocenters. The first kappa shape index (κ1) is 15.8. The minimum Gasteiger partial charge on any atom is -0.432 e. The summed E-state index contributed by atoms with van der Waals surface area (Å²) in [6, 6.07) is 2.01. The number of benzene rings is 1. The number of ether oxygens (including phenoxy) is 1. The molecule has 7 heteroatoms. The van der Waals surface area contributed by atoms with Crippen molar-refractivity contribution < 1.29 is 23.0 Å². The highest BCUT2D eigenvalue weighted by atomic mass is 19.3. The fraction of sp³-hybridized carbons (Fsp3) is 0.571. The van der Waals surface area contributed by atoms with E-state index in [0.29, 0.717) is 12.8 Å². The third-order valence-electron chi connectivity index (χ3n) is 3.71. The maximum atomic E-state index is 13.4. The van der Waals surface area contributed by atoms with E-state index in [1.807, 2.05) is 0 Å². The van der Waals surface area contributed by atoms with E-state index in [9.17, 15) is 18.3 Å². The molecule has 1 aliphatic rings. The largest absolute Gasteiger partial charge is 0.432 e. The summed E-state index contributed by atoms with van der Waals surface area (Å²) in [5.74, 6) is -1.52. The van der Waals surface area contributed by atoms with Crippen LogP contribution >= 0.6 is 0 Å². The van der Waals surface area contributed by atoms with Crippen molar-refractivity contribution >= 4 is 11.4 Å². The Labute approximate surface area is 121 Å². The summed E-state index contributed by atoms with van der Waals surface area (Å²) in [6.45, 7) is -2.88. The molecule has 21 heavy (non-hydrogen) atoms. The summed E-state index contributed by atoms with van der Waals surface area (Å²) in [5, 5.41) is 13.3. The van der Waals surface area contributed by atoms with Crippen LogP contribution < -0.4 is 15.8 Å². The van der Waals surface area contributed by atoms with E-state index < -0.39 is 23.8 Å².